The summed E-state index contributed by atoms with van der Waals surface area (Å²) in [5, 5.41) is 8.95. The summed E-state index contributed by atoms with van der Waals surface area (Å²) in [4.78, 5) is 16.0. The molecular weight excluding hydrogens is 228 g/mol. The molecule has 3 fully saturated rings. The van der Waals surface area contributed by atoms with E-state index in [1.54, 1.807) is 0 Å². The SMILES string of the molecule is CN1CCC(N2C3CCC2CC(CC(=O)O)C3)C1. The zero-order chi connectivity index (χ0) is 12.7. The first kappa shape index (κ1) is 12.4. The van der Waals surface area contributed by atoms with Gasteiger partial charge in [-0.2, -0.15) is 0 Å². The normalized spacial score (nSPS) is 41.4. The van der Waals surface area contributed by atoms with E-state index in [1.807, 2.05) is 0 Å². The predicted octanol–water partition coefficient (Wildman–Crippen LogP) is 1.41. The quantitative estimate of drug-likeness (QED) is 0.825. The maximum absolute atomic E-state index is 10.9. The van der Waals surface area contributed by atoms with Crippen molar-refractivity contribution < 1.29 is 9.90 Å². The van der Waals surface area contributed by atoms with Crippen LogP contribution in [0.2, 0.25) is 0 Å². The maximum Gasteiger partial charge on any atom is 0.303 e. The highest BCUT2D eigenvalue weighted by atomic mass is 16.4. The number of rotatable bonds is 3. The number of piperidine rings is 1. The van der Waals surface area contributed by atoms with Crippen LogP contribution in [-0.4, -0.2) is 59.1 Å². The maximum atomic E-state index is 10.9. The molecule has 3 heterocycles. The Hall–Kier alpha value is -0.610. The molecule has 4 nitrogen and oxygen atoms in total. The molecule has 2 bridgehead atoms. The average Bonchev–Trinajstić information content (AvgIpc) is 2.80. The summed E-state index contributed by atoms with van der Waals surface area (Å²) < 4.78 is 0. The van der Waals surface area contributed by atoms with Crippen molar-refractivity contribution in [2.75, 3.05) is 20.1 Å². The van der Waals surface area contributed by atoms with Gasteiger partial charge in [0.1, 0.15) is 0 Å². The third-order valence-corrected chi connectivity index (χ3v) is 5.14. The van der Waals surface area contributed by atoms with Crippen LogP contribution in [0.5, 0.6) is 0 Å². The molecule has 18 heavy (non-hydrogen) atoms. The number of carbonyl (C=O) groups is 1. The van der Waals surface area contributed by atoms with E-state index >= 15 is 0 Å². The van der Waals surface area contributed by atoms with Crippen molar-refractivity contribution in [3.05, 3.63) is 0 Å². The van der Waals surface area contributed by atoms with Gasteiger partial charge in [0.15, 0.2) is 0 Å². The molecule has 3 unspecified atom stereocenters. The number of aliphatic carboxylic acids is 1. The summed E-state index contributed by atoms with van der Waals surface area (Å²) in [6.45, 7) is 2.43. The van der Waals surface area contributed by atoms with Gasteiger partial charge in [0.25, 0.3) is 0 Å². The van der Waals surface area contributed by atoms with Crippen LogP contribution in [0.15, 0.2) is 0 Å². The molecule has 0 aliphatic carbocycles. The lowest BCUT2D eigenvalue weighted by Crippen LogP contribution is -2.49. The molecule has 0 aromatic carbocycles. The lowest BCUT2D eigenvalue weighted by molar-refractivity contribution is -0.138. The first-order valence-electron chi connectivity index (χ1n) is 7.31. The molecule has 0 radical (unpaired) electrons. The Labute approximate surface area is 109 Å². The molecule has 1 N–H and O–H groups in total. The van der Waals surface area contributed by atoms with Crippen LogP contribution in [0.1, 0.15) is 38.5 Å². The molecule has 3 aliphatic rings. The Morgan fingerprint density at radius 1 is 1.17 bits per heavy atom. The second kappa shape index (κ2) is 4.82. The van der Waals surface area contributed by atoms with Crippen molar-refractivity contribution in [3.63, 3.8) is 0 Å². The first-order chi connectivity index (χ1) is 8.63. The number of carboxylic acid groups (broad SMARTS) is 1. The van der Waals surface area contributed by atoms with Crippen molar-refractivity contribution >= 4 is 5.97 Å². The van der Waals surface area contributed by atoms with Crippen molar-refractivity contribution in [1.29, 1.82) is 0 Å². The molecule has 0 saturated carbocycles. The third-order valence-electron chi connectivity index (χ3n) is 5.14. The Kier molecular flexibility index (Phi) is 3.32. The lowest BCUT2D eigenvalue weighted by Gasteiger charge is -2.42. The van der Waals surface area contributed by atoms with Crippen LogP contribution in [0.4, 0.5) is 0 Å². The molecular formula is C14H24N2O2. The Balaban J connectivity index is 1.64. The summed E-state index contributed by atoms with van der Waals surface area (Å²) in [6.07, 6.45) is 6.49. The highest BCUT2D eigenvalue weighted by Gasteiger charge is 2.45. The van der Waals surface area contributed by atoms with Gasteiger partial charge in [0.2, 0.25) is 0 Å². The van der Waals surface area contributed by atoms with Gasteiger partial charge < -0.3 is 10.0 Å². The molecule has 102 valence electrons. The van der Waals surface area contributed by atoms with Crippen LogP contribution in [0.25, 0.3) is 0 Å². The molecule has 0 amide bonds. The monoisotopic (exact) mass is 252 g/mol. The number of hydrogen-bond donors (Lipinski definition) is 1. The Morgan fingerprint density at radius 2 is 1.83 bits per heavy atom. The van der Waals surface area contributed by atoms with Crippen molar-refractivity contribution in [2.45, 2.75) is 56.7 Å². The second-order valence-corrected chi connectivity index (χ2v) is 6.47. The second-order valence-electron chi connectivity index (χ2n) is 6.47. The fourth-order valence-electron chi connectivity index (χ4n) is 4.49. The van der Waals surface area contributed by atoms with Gasteiger partial charge in [-0.15, -0.1) is 0 Å². The first-order valence-corrected chi connectivity index (χ1v) is 7.31. The highest BCUT2D eigenvalue weighted by molar-refractivity contribution is 5.67. The van der Waals surface area contributed by atoms with Crippen molar-refractivity contribution in [2.24, 2.45) is 5.92 Å². The van der Waals surface area contributed by atoms with Gasteiger partial charge in [0.05, 0.1) is 0 Å². The van der Waals surface area contributed by atoms with Crippen LogP contribution in [-0.2, 0) is 4.79 Å². The molecule has 0 aromatic rings. The summed E-state index contributed by atoms with van der Waals surface area (Å²) in [5.74, 6) is -0.191. The van der Waals surface area contributed by atoms with E-state index < -0.39 is 5.97 Å². The topological polar surface area (TPSA) is 43.8 Å². The van der Waals surface area contributed by atoms with Crippen LogP contribution < -0.4 is 0 Å². The van der Waals surface area contributed by atoms with E-state index in [9.17, 15) is 4.79 Å². The van der Waals surface area contributed by atoms with E-state index in [1.165, 1.54) is 32.4 Å². The van der Waals surface area contributed by atoms with Gasteiger partial charge in [-0.25, -0.2) is 0 Å². The van der Waals surface area contributed by atoms with E-state index in [-0.39, 0.29) is 0 Å². The molecule has 3 aliphatic heterocycles. The minimum Gasteiger partial charge on any atom is -0.481 e. The Morgan fingerprint density at radius 3 is 2.33 bits per heavy atom. The molecule has 3 rings (SSSR count). The van der Waals surface area contributed by atoms with Gasteiger partial charge >= 0.3 is 5.97 Å². The van der Waals surface area contributed by atoms with Crippen molar-refractivity contribution in [3.8, 4) is 0 Å². The van der Waals surface area contributed by atoms with E-state index in [2.05, 4.69) is 16.8 Å². The number of hydrogen-bond acceptors (Lipinski definition) is 3. The van der Waals surface area contributed by atoms with Crippen molar-refractivity contribution in [1.82, 2.24) is 9.80 Å². The molecule has 0 spiro atoms. The van der Waals surface area contributed by atoms with Crippen LogP contribution >= 0.6 is 0 Å². The zero-order valence-corrected chi connectivity index (χ0v) is 11.2. The molecule has 4 heteroatoms. The van der Waals surface area contributed by atoms with Gasteiger partial charge in [-0.3, -0.25) is 9.69 Å². The number of likely N-dealkylation sites (N-methyl/N-ethyl adjacent to an activating group) is 1. The summed E-state index contributed by atoms with van der Waals surface area (Å²) in [6, 6.07) is 2.08. The molecule has 3 saturated heterocycles. The predicted molar refractivity (Wildman–Crippen MR) is 69.5 cm³/mol. The zero-order valence-electron chi connectivity index (χ0n) is 11.2. The van der Waals surface area contributed by atoms with E-state index in [0.717, 1.165) is 18.9 Å². The smallest absolute Gasteiger partial charge is 0.303 e. The summed E-state index contributed by atoms with van der Waals surface area (Å²) >= 11 is 0. The van der Waals surface area contributed by atoms with Crippen LogP contribution in [0, 0.1) is 5.92 Å². The number of fused-ring (bicyclic) bond motifs is 2. The summed E-state index contributed by atoms with van der Waals surface area (Å²) in [7, 11) is 2.21. The number of nitrogens with zero attached hydrogens (tertiary/aromatic N) is 2. The fourth-order valence-corrected chi connectivity index (χ4v) is 4.49. The highest BCUT2D eigenvalue weighted by Crippen LogP contribution is 2.42. The standard InChI is InChI=1S/C14H24N2O2/c1-15-5-4-13(9-15)16-11-2-3-12(16)7-10(6-11)8-14(17)18/h10-13H,2-9H2,1H3,(H,17,18). The van der Waals surface area contributed by atoms with E-state index in [4.69, 9.17) is 5.11 Å². The number of likely N-dealkylation sites (tertiary alicyclic amines) is 1. The fraction of sp³-hybridized carbons (Fsp3) is 0.929. The lowest BCUT2D eigenvalue weighted by atomic mass is 9.87. The third kappa shape index (κ3) is 2.28. The summed E-state index contributed by atoms with van der Waals surface area (Å²) in [5.41, 5.74) is 0. The van der Waals surface area contributed by atoms with E-state index in [0.29, 0.717) is 24.4 Å². The van der Waals surface area contributed by atoms with Crippen LogP contribution in [0.3, 0.4) is 0 Å². The molecule has 3 atom stereocenters. The molecule has 0 aromatic heterocycles. The van der Waals surface area contributed by atoms with Gasteiger partial charge in [-0.1, -0.05) is 0 Å². The number of carboxylic acids is 1. The Bertz CT molecular complexity index is 320. The average molecular weight is 252 g/mol. The van der Waals surface area contributed by atoms with Gasteiger partial charge in [-0.05, 0) is 51.6 Å². The largest absolute Gasteiger partial charge is 0.481 e. The van der Waals surface area contributed by atoms with Gasteiger partial charge in [0, 0.05) is 31.1 Å². The minimum absolute atomic E-state index is 0.380. The minimum atomic E-state index is -0.617.